The second-order valence-electron chi connectivity index (χ2n) is 4.87. The summed E-state index contributed by atoms with van der Waals surface area (Å²) in [4.78, 5) is 23.1. The van der Waals surface area contributed by atoms with E-state index in [0.717, 1.165) is 18.4 Å². The third kappa shape index (κ3) is 2.94. The molecule has 5 nitrogen and oxygen atoms in total. The van der Waals surface area contributed by atoms with Crippen LogP contribution < -0.4 is 5.32 Å². The molecule has 0 radical (unpaired) electrons. The number of nitrogens with one attached hydrogen (secondary N) is 1. The Hall–Kier alpha value is -1.59. The zero-order valence-electron chi connectivity index (χ0n) is 11.1. The highest BCUT2D eigenvalue weighted by Crippen LogP contribution is 2.48. The van der Waals surface area contributed by atoms with Crippen LogP contribution in [0.1, 0.15) is 18.4 Å². The highest BCUT2D eigenvalue weighted by Gasteiger charge is 2.51. The molecule has 1 saturated carbocycles. The van der Waals surface area contributed by atoms with E-state index in [-0.39, 0.29) is 12.5 Å². The van der Waals surface area contributed by atoms with Gasteiger partial charge in [-0.25, -0.2) is 4.79 Å². The molecule has 1 aliphatic carbocycles. The van der Waals surface area contributed by atoms with Gasteiger partial charge < -0.3 is 15.2 Å². The Balaban J connectivity index is 2.04. The van der Waals surface area contributed by atoms with Crippen molar-refractivity contribution in [3.05, 3.63) is 34.9 Å². The molecule has 1 aromatic rings. The SMILES string of the molecule is COC(CNC(=O)C1(c2cccc(Cl)c2)CC1)C(=O)O. The van der Waals surface area contributed by atoms with E-state index in [2.05, 4.69) is 5.32 Å². The van der Waals surface area contributed by atoms with Crippen molar-refractivity contribution in [3.63, 3.8) is 0 Å². The second-order valence-corrected chi connectivity index (χ2v) is 5.30. The van der Waals surface area contributed by atoms with E-state index in [1.165, 1.54) is 7.11 Å². The molecule has 108 valence electrons. The molecule has 0 aliphatic heterocycles. The van der Waals surface area contributed by atoms with Crippen LogP contribution in [0.15, 0.2) is 24.3 Å². The minimum absolute atomic E-state index is 0.0486. The fourth-order valence-electron chi connectivity index (χ4n) is 2.18. The zero-order chi connectivity index (χ0) is 14.8. The summed E-state index contributed by atoms with van der Waals surface area (Å²) in [6.45, 7) is -0.0486. The summed E-state index contributed by atoms with van der Waals surface area (Å²) in [7, 11) is 1.30. The van der Waals surface area contributed by atoms with E-state index in [1.54, 1.807) is 18.2 Å². The maximum Gasteiger partial charge on any atom is 0.334 e. The third-order valence-corrected chi connectivity index (χ3v) is 3.80. The van der Waals surface area contributed by atoms with Crippen LogP contribution in [0.4, 0.5) is 0 Å². The number of halogens is 1. The van der Waals surface area contributed by atoms with Gasteiger partial charge in [0.1, 0.15) is 0 Å². The molecule has 20 heavy (non-hydrogen) atoms. The van der Waals surface area contributed by atoms with Crippen molar-refractivity contribution in [2.24, 2.45) is 0 Å². The first-order valence-electron chi connectivity index (χ1n) is 6.29. The molecular weight excluding hydrogens is 282 g/mol. The molecule has 0 aromatic heterocycles. The van der Waals surface area contributed by atoms with Crippen molar-refractivity contribution < 1.29 is 19.4 Å². The number of methoxy groups -OCH3 is 1. The summed E-state index contributed by atoms with van der Waals surface area (Å²) in [6.07, 6.45) is 0.447. The fourth-order valence-corrected chi connectivity index (χ4v) is 2.37. The van der Waals surface area contributed by atoms with E-state index in [9.17, 15) is 9.59 Å². The van der Waals surface area contributed by atoms with Crippen molar-refractivity contribution >= 4 is 23.5 Å². The van der Waals surface area contributed by atoms with Gasteiger partial charge in [-0.05, 0) is 30.5 Å². The van der Waals surface area contributed by atoms with Crippen molar-refractivity contribution in [2.45, 2.75) is 24.4 Å². The quantitative estimate of drug-likeness (QED) is 0.836. The van der Waals surface area contributed by atoms with E-state index in [4.69, 9.17) is 21.4 Å². The second kappa shape index (κ2) is 5.81. The predicted molar refractivity (Wildman–Crippen MR) is 73.8 cm³/mol. The predicted octanol–water partition coefficient (Wildman–Crippen LogP) is 1.59. The average Bonchev–Trinajstić information content (AvgIpc) is 3.20. The lowest BCUT2D eigenvalue weighted by molar-refractivity contribution is -0.148. The van der Waals surface area contributed by atoms with Crippen molar-refractivity contribution in [3.8, 4) is 0 Å². The van der Waals surface area contributed by atoms with Gasteiger partial charge in [0.2, 0.25) is 5.91 Å². The molecule has 0 saturated heterocycles. The number of hydrogen-bond acceptors (Lipinski definition) is 3. The van der Waals surface area contributed by atoms with Crippen LogP contribution in [0.2, 0.25) is 5.02 Å². The minimum atomic E-state index is -1.10. The first-order chi connectivity index (χ1) is 9.49. The molecular formula is C14H16ClNO4. The van der Waals surface area contributed by atoms with Gasteiger partial charge in [-0.15, -0.1) is 0 Å². The highest BCUT2D eigenvalue weighted by molar-refractivity contribution is 6.30. The number of rotatable bonds is 6. The fraction of sp³-hybridized carbons (Fsp3) is 0.429. The van der Waals surface area contributed by atoms with Crippen LogP contribution in [0.3, 0.4) is 0 Å². The number of carbonyl (C=O) groups excluding carboxylic acids is 1. The average molecular weight is 298 g/mol. The Morgan fingerprint density at radius 3 is 2.70 bits per heavy atom. The van der Waals surface area contributed by atoms with Gasteiger partial charge in [-0.2, -0.15) is 0 Å². The number of carbonyl (C=O) groups is 2. The van der Waals surface area contributed by atoms with Crippen molar-refractivity contribution in [1.82, 2.24) is 5.32 Å². The highest BCUT2D eigenvalue weighted by atomic mass is 35.5. The van der Waals surface area contributed by atoms with Gasteiger partial charge in [0.15, 0.2) is 6.10 Å². The maximum absolute atomic E-state index is 12.3. The van der Waals surface area contributed by atoms with Crippen molar-refractivity contribution in [1.29, 1.82) is 0 Å². The summed E-state index contributed by atoms with van der Waals surface area (Å²) >= 11 is 5.95. The van der Waals surface area contributed by atoms with Crippen LogP contribution in [0, 0.1) is 0 Å². The van der Waals surface area contributed by atoms with Gasteiger partial charge in [0.25, 0.3) is 0 Å². The first-order valence-corrected chi connectivity index (χ1v) is 6.67. The van der Waals surface area contributed by atoms with E-state index in [1.807, 2.05) is 6.07 Å². The molecule has 1 atom stereocenters. The number of amides is 1. The van der Waals surface area contributed by atoms with E-state index < -0.39 is 17.5 Å². The lowest BCUT2D eigenvalue weighted by atomic mass is 9.95. The number of aliphatic carboxylic acids is 1. The zero-order valence-corrected chi connectivity index (χ0v) is 11.8. The van der Waals surface area contributed by atoms with Gasteiger partial charge in [-0.3, -0.25) is 4.79 Å². The Bertz CT molecular complexity index is 528. The summed E-state index contributed by atoms with van der Waals surface area (Å²) in [5.74, 6) is -1.27. The van der Waals surface area contributed by atoms with Gasteiger partial charge >= 0.3 is 5.97 Å². The van der Waals surface area contributed by atoms with Crippen LogP contribution in [-0.2, 0) is 19.7 Å². The molecule has 1 unspecified atom stereocenters. The molecule has 0 heterocycles. The van der Waals surface area contributed by atoms with Gasteiger partial charge in [0, 0.05) is 12.1 Å². The van der Waals surface area contributed by atoms with Crippen LogP contribution in [0.5, 0.6) is 0 Å². The Kier molecular flexibility index (Phi) is 4.30. The molecule has 6 heteroatoms. The van der Waals surface area contributed by atoms with E-state index >= 15 is 0 Å². The molecule has 2 rings (SSSR count). The first kappa shape index (κ1) is 14.8. The normalized spacial score (nSPS) is 17.3. The smallest absolute Gasteiger partial charge is 0.334 e. The molecule has 2 N–H and O–H groups in total. The summed E-state index contributed by atoms with van der Waals surface area (Å²) in [6, 6.07) is 7.20. The lowest BCUT2D eigenvalue weighted by Gasteiger charge is -2.18. The molecule has 1 fully saturated rings. The van der Waals surface area contributed by atoms with Crippen molar-refractivity contribution in [2.75, 3.05) is 13.7 Å². The maximum atomic E-state index is 12.3. The van der Waals surface area contributed by atoms with Gasteiger partial charge in [-0.1, -0.05) is 23.7 Å². The Morgan fingerprint density at radius 1 is 1.50 bits per heavy atom. The summed E-state index contributed by atoms with van der Waals surface area (Å²) in [5, 5.41) is 12.1. The standard InChI is InChI=1S/C14H16ClNO4/c1-20-11(12(17)18)8-16-13(19)14(5-6-14)9-3-2-4-10(15)7-9/h2-4,7,11H,5-6,8H2,1H3,(H,16,19)(H,17,18). The topological polar surface area (TPSA) is 75.6 Å². The Labute approximate surface area is 121 Å². The Morgan fingerprint density at radius 2 is 2.20 bits per heavy atom. The lowest BCUT2D eigenvalue weighted by Crippen LogP contribution is -2.42. The molecule has 0 bridgehead atoms. The van der Waals surface area contributed by atoms with E-state index in [0.29, 0.717) is 5.02 Å². The third-order valence-electron chi connectivity index (χ3n) is 3.57. The molecule has 1 aromatic carbocycles. The summed E-state index contributed by atoms with van der Waals surface area (Å²) in [5.41, 5.74) is 0.300. The van der Waals surface area contributed by atoms with Crippen LogP contribution in [0.25, 0.3) is 0 Å². The van der Waals surface area contributed by atoms with Crippen LogP contribution in [-0.4, -0.2) is 36.7 Å². The monoisotopic (exact) mass is 297 g/mol. The number of hydrogen-bond donors (Lipinski definition) is 2. The number of carboxylic acid groups (broad SMARTS) is 1. The summed E-state index contributed by atoms with van der Waals surface area (Å²) < 4.78 is 4.78. The molecule has 0 spiro atoms. The number of carboxylic acids is 1. The number of ether oxygens (including phenoxy) is 1. The minimum Gasteiger partial charge on any atom is -0.479 e. The van der Waals surface area contributed by atoms with Crippen LogP contribution >= 0.6 is 11.6 Å². The number of benzene rings is 1. The molecule has 1 aliphatic rings. The molecule has 1 amide bonds. The van der Waals surface area contributed by atoms with Gasteiger partial charge in [0.05, 0.1) is 12.0 Å². The largest absolute Gasteiger partial charge is 0.479 e.